The van der Waals surface area contributed by atoms with E-state index in [2.05, 4.69) is 17.2 Å². The number of Topliss-reactive ketones (excluding diaryl/α,β-unsaturated/α-hetero) is 1. The molecule has 0 spiro atoms. The third kappa shape index (κ3) is 13.1. The number of aromatic carboxylic acids is 1. The highest BCUT2D eigenvalue weighted by Crippen LogP contribution is 2.42. The lowest BCUT2D eigenvalue weighted by Crippen LogP contribution is -2.31. The molecule has 0 saturated carbocycles. The lowest BCUT2D eigenvalue weighted by molar-refractivity contribution is -0.255. The summed E-state index contributed by atoms with van der Waals surface area (Å²) in [5, 5.41) is 16.9. The minimum Gasteiger partial charge on any atom is -0.545 e. The molecule has 1 N–H and O–H groups in total. The zero-order chi connectivity index (χ0) is 48.7. The van der Waals surface area contributed by atoms with Crippen LogP contribution < -0.4 is 30.2 Å². The molecular formula is C55H58N4O10. The number of fused-ring (bicyclic) bond motifs is 4. The molecule has 14 heteroatoms. The van der Waals surface area contributed by atoms with E-state index in [1.807, 2.05) is 123 Å². The molecule has 4 aromatic carbocycles. The Morgan fingerprint density at radius 3 is 2.13 bits per heavy atom. The second-order valence-electron chi connectivity index (χ2n) is 16.9. The Bertz CT molecular complexity index is 2910. The van der Waals surface area contributed by atoms with Gasteiger partial charge in [0.15, 0.2) is 0 Å². The number of amides is 2. The monoisotopic (exact) mass is 934 g/mol. The highest BCUT2D eigenvalue weighted by atomic mass is 16.6. The molecule has 4 aromatic rings. The Kier molecular flexibility index (Phi) is 17.5. The number of hydrogen-bond acceptors (Lipinski definition) is 11. The van der Waals surface area contributed by atoms with Crippen LogP contribution in [0.5, 0.6) is 0 Å². The molecule has 7 rings (SSSR count). The molecule has 3 aliphatic rings. The fourth-order valence-corrected chi connectivity index (χ4v) is 7.98. The van der Waals surface area contributed by atoms with E-state index >= 15 is 0 Å². The van der Waals surface area contributed by atoms with Crippen molar-refractivity contribution in [3.63, 3.8) is 0 Å². The van der Waals surface area contributed by atoms with Crippen molar-refractivity contribution in [3.8, 4) is 34.3 Å². The predicted molar refractivity (Wildman–Crippen MR) is 263 cm³/mol. The van der Waals surface area contributed by atoms with Crippen LogP contribution in [0.15, 0.2) is 108 Å². The second kappa shape index (κ2) is 24.2. The SMILES string of the molecule is CN(C)c1ccc2c(-c3cc(C(=O)NCCOCCOCCOCCOCCC(=O)CCCC(=O)N4Cc5ccccc5C#Cc5ccccc54)ccc3C(=O)[O-])c3ccc(=[N+](C)C)cc-3oc2c1. The summed E-state index contributed by atoms with van der Waals surface area (Å²) in [6.45, 7) is 3.24. The maximum Gasteiger partial charge on any atom is 0.251 e. The van der Waals surface area contributed by atoms with E-state index in [-0.39, 0.29) is 61.3 Å². The van der Waals surface area contributed by atoms with Gasteiger partial charge in [0.1, 0.15) is 31.2 Å². The molecule has 0 fully saturated rings. The third-order valence-corrected chi connectivity index (χ3v) is 11.7. The average molecular weight is 935 g/mol. The highest BCUT2D eigenvalue weighted by molar-refractivity contribution is 6.09. The Hall–Kier alpha value is -7.15. The van der Waals surface area contributed by atoms with E-state index in [9.17, 15) is 24.3 Å². The standard InChI is InChI=1S/C55H58N4O10/c1-57(2)42-19-22-46-50(35-42)69-51-36-43(58(3)4)20-23-47(51)53(46)48-34-40(18-21-45(48)55(63)64)54(62)56-25-27-66-29-31-68-33-32-67-30-28-65-26-24-44(60)13-9-15-52(61)59-37-41-12-6-5-10-38(41)16-17-39-11-7-8-14-49(39)59/h5-8,10-12,14,18-23,34-36H,9,13,15,24-33,37H2,1-4H3,(H-,56,62,63,64). The number of carboxylic acids is 1. The van der Waals surface area contributed by atoms with Gasteiger partial charge in [0.2, 0.25) is 11.3 Å². The molecule has 0 aromatic heterocycles. The lowest BCUT2D eigenvalue weighted by Gasteiger charge is -2.26. The van der Waals surface area contributed by atoms with Crippen LogP contribution in [0.4, 0.5) is 11.4 Å². The zero-order valence-corrected chi connectivity index (χ0v) is 39.6. The summed E-state index contributed by atoms with van der Waals surface area (Å²) in [6, 6.07) is 31.4. The van der Waals surface area contributed by atoms with Crippen LogP contribution in [0.1, 0.15) is 63.1 Å². The molecule has 0 saturated heterocycles. The number of carbonyl (C=O) groups excluding carboxylic acids is 4. The highest BCUT2D eigenvalue weighted by Gasteiger charge is 2.24. The van der Waals surface area contributed by atoms with Crippen LogP contribution in [-0.2, 0) is 35.1 Å². The van der Waals surface area contributed by atoms with E-state index in [1.165, 1.54) is 12.1 Å². The molecule has 1 aliphatic carbocycles. The molecule has 2 heterocycles. The Morgan fingerprint density at radius 2 is 1.41 bits per heavy atom. The van der Waals surface area contributed by atoms with Crippen molar-refractivity contribution < 1.29 is 47.6 Å². The van der Waals surface area contributed by atoms with Gasteiger partial charge in [0.05, 0.1) is 77.1 Å². The number of carboxylic acid groups (broad SMARTS) is 1. The Labute approximate surface area is 402 Å². The first-order valence-corrected chi connectivity index (χ1v) is 23.1. The molecular weight excluding hydrogens is 877 g/mol. The summed E-state index contributed by atoms with van der Waals surface area (Å²) in [4.78, 5) is 55.5. The van der Waals surface area contributed by atoms with Gasteiger partial charge in [-0.15, -0.1) is 0 Å². The smallest absolute Gasteiger partial charge is 0.251 e. The van der Waals surface area contributed by atoms with Crippen LogP contribution in [-0.4, -0.2) is 111 Å². The number of ether oxygens (including phenoxy) is 4. The predicted octanol–water partition coefficient (Wildman–Crippen LogP) is 5.54. The van der Waals surface area contributed by atoms with E-state index in [1.54, 1.807) is 11.0 Å². The maximum atomic E-state index is 13.4. The van der Waals surface area contributed by atoms with Crippen molar-refractivity contribution in [2.24, 2.45) is 0 Å². The topological polar surface area (TPSA) is 163 Å². The first kappa shape index (κ1) is 49.7. The molecule has 0 atom stereocenters. The van der Waals surface area contributed by atoms with Gasteiger partial charge < -0.3 is 48.4 Å². The summed E-state index contributed by atoms with van der Waals surface area (Å²) in [5.41, 5.74) is 6.84. The van der Waals surface area contributed by atoms with Gasteiger partial charge in [-0.05, 0) is 66.1 Å². The van der Waals surface area contributed by atoms with Crippen molar-refractivity contribution in [1.82, 2.24) is 9.89 Å². The summed E-state index contributed by atoms with van der Waals surface area (Å²) >= 11 is 0. The van der Waals surface area contributed by atoms with Gasteiger partial charge >= 0.3 is 0 Å². The van der Waals surface area contributed by atoms with E-state index < -0.39 is 5.97 Å². The number of nitrogens with one attached hydrogen (secondary N) is 1. The molecule has 358 valence electrons. The van der Waals surface area contributed by atoms with Crippen molar-refractivity contribution in [1.29, 1.82) is 0 Å². The minimum atomic E-state index is -1.36. The number of nitrogens with zero attached hydrogens (tertiary/aromatic N) is 3. The normalized spacial score (nSPS) is 11.8. The number of para-hydroxylation sites is 1. The summed E-state index contributed by atoms with van der Waals surface area (Å²) in [6.07, 6.45) is 1.29. The van der Waals surface area contributed by atoms with Crippen LogP contribution in [0, 0.1) is 11.8 Å². The van der Waals surface area contributed by atoms with Crippen LogP contribution in [0.3, 0.4) is 0 Å². The van der Waals surface area contributed by atoms with Crippen LogP contribution in [0.2, 0.25) is 0 Å². The van der Waals surface area contributed by atoms with Gasteiger partial charge in [-0.3, -0.25) is 14.4 Å². The first-order chi connectivity index (χ1) is 33.5. The largest absolute Gasteiger partial charge is 0.545 e. The summed E-state index contributed by atoms with van der Waals surface area (Å²) in [7, 11) is 7.72. The number of benzene rings is 5. The van der Waals surface area contributed by atoms with Crippen molar-refractivity contribution in [3.05, 3.63) is 136 Å². The van der Waals surface area contributed by atoms with Crippen molar-refractivity contribution >= 4 is 45.9 Å². The van der Waals surface area contributed by atoms with Gasteiger partial charge in [-0.2, -0.15) is 0 Å². The van der Waals surface area contributed by atoms with Crippen molar-refractivity contribution in [2.75, 3.05) is 97.4 Å². The summed E-state index contributed by atoms with van der Waals surface area (Å²) in [5.74, 6) is 5.26. The number of hydrogen-bond donors (Lipinski definition) is 1. The van der Waals surface area contributed by atoms with E-state index in [0.29, 0.717) is 92.4 Å². The lowest BCUT2D eigenvalue weighted by atomic mass is 9.89. The fourth-order valence-electron chi connectivity index (χ4n) is 7.98. The van der Waals surface area contributed by atoms with Gasteiger partial charge in [0.25, 0.3) is 5.91 Å². The van der Waals surface area contributed by atoms with Gasteiger partial charge in [-0.1, -0.05) is 48.2 Å². The minimum absolute atomic E-state index is 0.0408. The van der Waals surface area contributed by atoms with E-state index in [4.69, 9.17) is 23.4 Å². The maximum absolute atomic E-state index is 13.4. The molecule has 0 unspecified atom stereocenters. The number of ketones is 1. The molecule has 0 bridgehead atoms. The average Bonchev–Trinajstić information content (AvgIpc) is 3.34. The van der Waals surface area contributed by atoms with Crippen molar-refractivity contribution in [2.45, 2.75) is 32.2 Å². The molecule has 2 aliphatic heterocycles. The molecule has 0 radical (unpaired) electrons. The number of carbonyl (C=O) groups is 4. The number of rotatable bonds is 23. The van der Waals surface area contributed by atoms with Crippen LogP contribution >= 0.6 is 0 Å². The Balaban J connectivity index is 0.766. The first-order valence-electron chi connectivity index (χ1n) is 23.1. The van der Waals surface area contributed by atoms with Crippen LogP contribution in [0.25, 0.3) is 33.4 Å². The quantitative estimate of drug-likeness (QED) is 0.0372. The van der Waals surface area contributed by atoms with Gasteiger partial charge in [0, 0.05) is 96.5 Å². The van der Waals surface area contributed by atoms with Gasteiger partial charge in [-0.25, -0.2) is 4.58 Å². The zero-order valence-electron chi connectivity index (χ0n) is 39.6. The number of anilines is 2. The van der Waals surface area contributed by atoms with E-state index in [0.717, 1.165) is 33.4 Å². The molecule has 14 nitrogen and oxygen atoms in total. The Morgan fingerprint density at radius 1 is 0.725 bits per heavy atom. The second-order valence-corrected chi connectivity index (χ2v) is 16.9. The fraction of sp³-hybridized carbons (Fsp3) is 0.327. The molecule has 69 heavy (non-hydrogen) atoms. The molecule has 2 amide bonds. The third-order valence-electron chi connectivity index (χ3n) is 11.7. The summed E-state index contributed by atoms with van der Waals surface area (Å²) < 4.78 is 30.8.